The van der Waals surface area contributed by atoms with E-state index in [1.807, 2.05) is 23.2 Å². The fraction of sp³-hybridized carbons (Fsp3) is 0.571. The summed E-state index contributed by atoms with van der Waals surface area (Å²) in [4.78, 5) is 18.0. The van der Waals surface area contributed by atoms with E-state index in [2.05, 4.69) is 15.6 Å². The number of hydrogen-bond donors (Lipinski definition) is 2. The second kappa shape index (κ2) is 7.81. The van der Waals surface area contributed by atoms with E-state index in [0.717, 1.165) is 44.0 Å². The van der Waals surface area contributed by atoms with E-state index in [1.165, 1.54) is 0 Å². The molecule has 2 heterocycles. The minimum Gasteiger partial charge on any atom is -0.383 e. The third-order valence-electron chi connectivity index (χ3n) is 3.21. The lowest BCUT2D eigenvalue weighted by molar-refractivity contribution is -0.119. The van der Waals surface area contributed by atoms with Crippen LogP contribution < -0.4 is 15.5 Å². The number of amides is 1. The second-order valence-electron chi connectivity index (χ2n) is 4.82. The Morgan fingerprint density at radius 1 is 1.50 bits per heavy atom. The number of aromatic nitrogens is 1. The van der Waals surface area contributed by atoms with Crippen LogP contribution in [0.5, 0.6) is 0 Å². The minimum absolute atomic E-state index is 0.0645. The summed E-state index contributed by atoms with van der Waals surface area (Å²) in [5, 5.41) is 6.14. The molecule has 0 unspecified atom stereocenters. The third kappa shape index (κ3) is 4.47. The Kier molecular flexibility index (Phi) is 5.76. The molecule has 2 N–H and O–H groups in total. The highest BCUT2D eigenvalue weighted by atomic mass is 16.5. The molecule has 0 atom stereocenters. The van der Waals surface area contributed by atoms with Gasteiger partial charge in [-0.05, 0) is 18.1 Å². The maximum Gasteiger partial charge on any atom is 0.239 e. The van der Waals surface area contributed by atoms with Crippen LogP contribution in [0.2, 0.25) is 0 Å². The van der Waals surface area contributed by atoms with Crippen LogP contribution in [-0.2, 0) is 16.1 Å². The smallest absolute Gasteiger partial charge is 0.239 e. The van der Waals surface area contributed by atoms with Gasteiger partial charge in [-0.1, -0.05) is 6.07 Å². The number of methoxy groups -OCH3 is 1. The zero-order valence-electron chi connectivity index (χ0n) is 11.9. The van der Waals surface area contributed by atoms with Gasteiger partial charge in [0.2, 0.25) is 5.91 Å². The molecule has 1 amide bonds. The fourth-order valence-corrected chi connectivity index (χ4v) is 2.12. The molecular weight excluding hydrogens is 256 g/mol. The van der Waals surface area contributed by atoms with Gasteiger partial charge >= 0.3 is 0 Å². The molecule has 1 aliphatic heterocycles. The summed E-state index contributed by atoms with van der Waals surface area (Å²) in [6, 6.07) is 4.02. The third-order valence-corrected chi connectivity index (χ3v) is 3.21. The van der Waals surface area contributed by atoms with E-state index >= 15 is 0 Å². The van der Waals surface area contributed by atoms with E-state index in [9.17, 15) is 4.79 Å². The standard InChI is InChI=1S/C14H22N4O2/c1-20-8-6-15-9-12-3-4-13(17-10-12)18-7-2-5-16-14(19)11-18/h3-4,10,15H,2,5-9,11H2,1H3,(H,16,19). The van der Waals surface area contributed by atoms with Gasteiger partial charge in [0, 0.05) is 39.5 Å². The van der Waals surface area contributed by atoms with Crippen molar-refractivity contribution in [2.75, 3.05) is 44.8 Å². The number of hydrogen-bond acceptors (Lipinski definition) is 5. The lowest BCUT2D eigenvalue weighted by Crippen LogP contribution is -2.33. The summed E-state index contributed by atoms with van der Waals surface area (Å²) in [6.45, 7) is 4.29. The molecule has 1 aromatic rings. The van der Waals surface area contributed by atoms with Crippen molar-refractivity contribution < 1.29 is 9.53 Å². The normalized spacial score (nSPS) is 15.8. The van der Waals surface area contributed by atoms with Gasteiger partial charge in [0.15, 0.2) is 0 Å². The van der Waals surface area contributed by atoms with Gasteiger partial charge in [-0.2, -0.15) is 0 Å². The van der Waals surface area contributed by atoms with Crippen molar-refractivity contribution in [3.05, 3.63) is 23.9 Å². The van der Waals surface area contributed by atoms with Crippen LogP contribution in [0.25, 0.3) is 0 Å². The molecule has 0 aromatic carbocycles. The quantitative estimate of drug-likeness (QED) is 0.725. The van der Waals surface area contributed by atoms with Crippen molar-refractivity contribution in [3.63, 3.8) is 0 Å². The predicted molar refractivity (Wildman–Crippen MR) is 77.7 cm³/mol. The van der Waals surface area contributed by atoms with E-state index in [0.29, 0.717) is 13.2 Å². The van der Waals surface area contributed by atoms with Crippen LogP contribution in [0.3, 0.4) is 0 Å². The van der Waals surface area contributed by atoms with Gasteiger partial charge in [0.1, 0.15) is 5.82 Å². The summed E-state index contributed by atoms with van der Waals surface area (Å²) in [5.74, 6) is 0.928. The van der Waals surface area contributed by atoms with Crippen molar-refractivity contribution in [3.8, 4) is 0 Å². The largest absolute Gasteiger partial charge is 0.383 e. The molecule has 20 heavy (non-hydrogen) atoms. The Morgan fingerprint density at radius 3 is 3.15 bits per heavy atom. The van der Waals surface area contributed by atoms with E-state index in [1.54, 1.807) is 7.11 Å². The number of ether oxygens (including phenoxy) is 1. The van der Waals surface area contributed by atoms with Crippen molar-refractivity contribution in [1.82, 2.24) is 15.6 Å². The number of anilines is 1. The first-order valence-corrected chi connectivity index (χ1v) is 6.96. The highest BCUT2D eigenvalue weighted by Gasteiger charge is 2.15. The molecule has 1 fully saturated rings. The summed E-state index contributed by atoms with van der Waals surface area (Å²) in [6.07, 6.45) is 2.81. The molecule has 0 bridgehead atoms. The van der Waals surface area contributed by atoms with E-state index in [-0.39, 0.29) is 5.91 Å². The Labute approximate surface area is 119 Å². The lowest BCUT2D eigenvalue weighted by Gasteiger charge is -2.20. The Bertz CT molecular complexity index is 422. The van der Waals surface area contributed by atoms with Gasteiger partial charge in [-0.25, -0.2) is 4.98 Å². The Balaban J connectivity index is 1.88. The van der Waals surface area contributed by atoms with Crippen LogP contribution >= 0.6 is 0 Å². The van der Waals surface area contributed by atoms with Gasteiger partial charge in [-0.15, -0.1) is 0 Å². The van der Waals surface area contributed by atoms with Crippen molar-refractivity contribution in [2.24, 2.45) is 0 Å². The SMILES string of the molecule is COCCNCc1ccc(N2CCCNC(=O)C2)nc1. The molecule has 0 spiro atoms. The molecule has 1 aromatic heterocycles. The van der Waals surface area contributed by atoms with Gasteiger partial charge in [0.25, 0.3) is 0 Å². The molecule has 1 aliphatic rings. The molecule has 6 heteroatoms. The number of pyridine rings is 1. The lowest BCUT2D eigenvalue weighted by atomic mass is 10.2. The number of nitrogens with one attached hydrogen (secondary N) is 2. The Hall–Kier alpha value is -1.66. The van der Waals surface area contributed by atoms with Crippen LogP contribution in [0.15, 0.2) is 18.3 Å². The Morgan fingerprint density at radius 2 is 2.40 bits per heavy atom. The number of rotatable bonds is 6. The summed E-state index contributed by atoms with van der Waals surface area (Å²) >= 11 is 0. The zero-order chi connectivity index (χ0) is 14.2. The maximum atomic E-state index is 11.5. The van der Waals surface area contributed by atoms with E-state index < -0.39 is 0 Å². The highest BCUT2D eigenvalue weighted by molar-refractivity contribution is 5.81. The summed E-state index contributed by atoms with van der Waals surface area (Å²) in [5.41, 5.74) is 1.13. The molecule has 0 radical (unpaired) electrons. The van der Waals surface area contributed by atoms with Gasteiger partial charge in [0.05, 0.1) is 13.2 Å². The molecule has 0 aliphatic carbocycles. The second-order valence-corrected chi connectivity index (χ2v) is 4.82. The average Bonchev–Trinajstić information content (AvgIpc) is 2.69. The molecular formula is C14H22N4O2. The topological polar surface area (TPSA) is 66.5 Å². The average molecular weight is 278 g/mol. The van der Waals surface area contributed by atoms with Gasteiger partial charge in [-0.3, -0.25) is 4.79 Å². The zero-order valence-corrected chi connectivity index (χ0v) is 11.9. The van der Waals surface area contributed by atoms with Crippen molar-refractivity contribution in [1.29, 1.82) is 0 Å². The summed E-state index contributed by atoms with van der Waals surface area (Å²) in [7, 11) is 1.69. The molecule has 2 rings (SSSR count). The predicted octanol–water partition coefficient (Wildman–Crippen LogP) is 0.144. The molecule has 0 saturated carbocycles. The van der Waals surface area contributed by atoms with Crippen molar-refractivity contribution >= 4 is 11.7 Å². The van der Waals surface area contributed by atoms with Crippen molar-refractivity contribution in [2.45, 2.75) is 13.0 Å². The van der Waals surface area contributed by atoms with Gasteiger partial charge < -0.3 is 20.3 Å². The maximum absolute atomic E-state index is 11.5. The van der Waals surface area contributed by atoms with E-state index in [4.69, 9.17) is 4.74 Å². The first kappa shape index (κ1) is 14.7. The first-order valence-electron chi connectivity index (χ1n) is 6.96. The highest BCUT2D eigenvalue weighted by Crippen LogP contribution is 2.12. The molecule has 1 saturated heterocycles. The number of carbonyl (C=O) groups is 1. The minimum atomic E-state index is 0.0645. The number of nitrogens with zero attached hydrogens (tertiary/aromatic N) is 2. The van der Waals surface area contributed by atoms with Crippen LogP contribution in [-0.4, -0.2) is 50.8 Å². The van der Waals surface area contributed by atoms with Crippen LogP contribution in [0, 0.1) is 0 Å². The fourth-order valence-electron chi connectivity index (χ4n) is 2.12. The summed E-state index contributed by atoms with van der Waals surface area (Å²) < 4.78 is 4.98. The first-order chi connectivity index (χ1) is 9.79. The monoisotopic (exact) mass is 278 g/mol. The molecule has 110 valence electrons. The van der Waals surface area contributed by atoms with Crippen LogP contribution in [0.4, 0.5) is 5.82 Å². The van der Waals surface area contributed by atoms with Crippen LogP contribution in [0.1, 0.15) is 12.0 Å². The number of carbonyl (C=O) groups excluding carboxylic acids is 1. The molecule has 6 nitrogen and oxygen atoms in total.